The molecule has 2 saturated heterocycles. The molecule has 36 heavy (non-hydrogen) atoms. The molecule has 0 bridgehead atoms. The molecule has 2 amide bonds. The number of hydrogen-bond acceptors (Lipinski definition) is 6. The van der Waals surface area contributed by atoms with Gasteiger partial charge in [0.1, 0.15) is 5.92 Å². The topological polar surface area (TPSA) is 68.3 Å². The average molecular weight is 507 g/mol. The molecule has 3 aromatic rings. The molecule has 186 valence electrons. The molecule has 2 aliphatic rings. The first-order valence-electron chi connectivity index (χ1n) is 12.1. The summed E-state index contributed by atoms with van der Waals surface area (Å²) in [5.41, 5.74) is 1.88. The third kappa shape index (κ3) is 4.18. The highest BCUT2D eigenvalue weighted by atomic mass is 35.5. The van der Waals surface area contributed by atoms with E-state index in [9.17, 15) is 9.59 Å². The number of para-hydroxylation sites is 2. The van der Waals surface area contributed by atoms with Gasteiger partial charge in [-0.05, 0) is 55.3 Å². The van der Waals surface area contributed by atoms with Crippen LogP contribution in [-0.2, 0) is 14.4 Å². The van der Waals surface area contributed by atoms with Gasteiger partial charge in [0, 0.05) is 0 Å². The van der Waals surface area contributed by atoms with Crippen LogP contribution in [0, 0.1) is 5.92 Å². The second kappa shape index (κ2) is 10.2. The molecule has 0 unspecified atom stereocenters. The monoisotopic (exact) mass is 506 g/mol. The van der Waals surface area contributed by atoms with E-state index in [-0.39, 0.29) is 5.91 Å². The molecule has 3 atom stereocenters. The molecule has 0 aromatic heterocycles. The van der Waals surface area contributed by atoms with Crippen LogP contribution in [0.3, 0.4) is 0 Å². The van der Waals surface area contributed by atoms with Crippen LogP contribution in [-0.4, -0.2) is 31.1 Å². The van der Waals surface area contributed by atoms with E-state index in [0.29, 0.717) is 35.4 Å². The number of halogens is 1. The minimum atomic E-state index is -0.981. The molecule has 2 aliphatic heterocycles. The Morgan fingerprint density at radius 1 is 0.889 bits per heavy atom. The summed E-state index contributed by atoms with van der Waals surface area (Å²) in [5.74, 6) is -0.346. The lowest BCUT2D eigenvalue weighted by atomic mass is 9.90. The highest BCUT2D eigenvalue weighted by Gasteiger charge is 2.60. The summed E-state index contributed by atoms with van der Waals surface area (Å²) in [5, 5.41) is 1.99. The minimum Gasteiger partial charge on any atom is -0.490 e. The molecular weight excluding hydrogens is 480 g/mol. The van der Waals surface area contributed by atoms with Crippen LogP contribution in [0.5, 0.6) is 11.5 Å². The quantitative estimate of drug-likeness (QED) is 0.372. The molecule has 2 heterocycles. The fourth-order valence-electron chi connectivity index (χ4n) is 4.73. The number of anilines is 2. The van der Waals surface area contributed by atoms with Crippen LogP contribution in [0.25, 0.3) is 0 Å². The summed E-state index contributed by atoms with van der Waals surface area (Å²) < 4.78 is 11.7. The van der Waals surface area contributed by atoms with Crippen LogP contribution in [0.2, 0.25) is 5.02 Å². The SMILES string of the molecule is CCCOc1ccc([C@@H]2[C@@H]3C(=O)N(c4ccccc4Cl)C(=O)[C@H]3ON2c2ccccc2)cc1OCC. The molecule has 0 saturated carbocycles. The van der Waals surface area contributed by atoms with E-state index >= 15 is 0 Å². The van der Waals surface area contributed by atoms with Gasteiger partial charge >= 0.3 is 0 Å². The number of nitrogens with zero attached hydrogens (tertiary/aromatic N) is 2. The van der Waals surface area contributed by atoms with Gasteiger partial charge in [0.05, 0.1) is 35.7 Å². The van der Waals surface area contributed by atoms with Crippen LogP contribution in [0.1, 0.15) is 31.9 Å². The lowest BCUT2D eigenvalue weighted by molar-refractivity contribution is -0.126. The van der Waals surface area contributed by atoms with Crippen molar-refractivity contribution in [3.05, 3.63) is 83.4 Å². The van der Waals surface area contributed by atoms with Gasteiger partial charge in [0.15, 0.2) is 17.6 Å². The standard InChI is InChI=1S/C28H27ClN2O5/c1-3-16-35-22-15-14-18(17-23(22)34-4-2)25-24-26(36-31(25)19-10-6-5-7-11-19)28(33)30(27(24)32)21-13-9-8-12-20(21)29/h5-15,17,24-26H,3-4,16H2,1-2H3/t24-,25+,26-/m0/s1. The Kier molecular flexibility index (Phi) is 6.85. The van der Waals surface area contributed by atoms with Crippen molar-refractivity contribution in [3.8, 4) is 11.5 Å². The molecule has 8 heteroatoms. The molecular formula is C28H27ClN2O5. The highest BCUT2D eigenvalue weighted by Crippen LogP contribution is 2.49. The van der Waals surface area contributed by atoms with E-state index in [1.54, 1.807) is 29.3 Å². The maximum absolute atomic E-state index is 13.8. The van der Waals surface area contributed by atoms with Gasteiger partial charge in [0.2, 0.25) is 5.91 Å². The summed E-state index contributed by atoms with van der Waals surface area (Å²) in [6.07, 6.45) is -0.116. The number of carbonyl (C=O) groups is 2. The van der Waals surface area contributed by atoms with E-state index in [1.165, 1.54) is 0 Å². The summed E-state index contributed by atoms with van der Waals surface area (Å²) in [7, 11) is 0. The zero-order chi connectivity index (χ0) is 25.2. The van der Waals surface area contributed by atoms with Gasteiger partial charge in [-0.2, -0.15) is 0 Å². The Labute approximate surface area is 215 Å². The van der Waals surface area contributed by atoms with E-state index < -0.39 is 24.0 Å². The number of rotatable bonds is 8. The van der Waals surface area contributed by atoms with Crippen molar-refractivity contribution in [2.45, 2.75) is 32.4 Å². The second-order valence-electron chi connectivity index (χ2n) is 8.61. The van der Waals surface area contributed by atoms with Gasteiger partial charge in [-0.1, -0.05) is 54.9 Å². The van der Waals surface area contributed by atoms with Crippen molar-refractivity contribution in [2.24, 2.45) is 5.92 Å². The molecule has 0 radical (unpaired) electrons. The smallest absolute Gasteiger partial charge is 0.266 e. The summed E-state index contributed by atoms with van der Waals surface area (Å²) in [6, 6.07) is 21.3. The van der Waals surface area contributed by atoms with Gasteiger partial charge in [-0.3, -0.25) is 14.4 Å². The largest absolute Gasteiger partial charge is 0.490 e. The lowest BCUT2D eigenvalue weighted by Crippen LogP contribution is -2.37. The highest BCUT2D eigenvalue weighted by molar-refractivity contribution is 6.36. The van der Waals surface area contributed by atoms with Crippen molar-refractivity contribution < 1.29 is 23.9 Å². The third-order valence-electron chi connectivity index (χ3n) is 6.29. The van der Waals surface area contributed by atoms with Gasteiger partial charge in [-0.25, -0.2) is 9.96 Å². The Bertz CT molecular complexity index is 1270. The van der Waals surface area contributed by atoms with E-state index in [0.717, 1.165) is 22.6 Å². The first kappa shape index (κ1) is 24.2. The lowest BCUT2D eigenvalue weighted by Gasteiger charge is -2.29. The summed E-state index contributed by atoms with van der Waals surface area (Å²) in [4.78, 5) is 34.7. The van der Waals surface area contributed by atoms with Crippen molar-refractivity contribution in [2.75, 3.05) is 23.2 Å². The third-order valence-corrected chi connectivity index (χ3v) is 6.61. The Morgan fingerprint density at radius 2 is 1.64 bits per heavy atom. The zero-order valence-corrected chi connectivity index (χ0v) is 20.9. The molecule has 5 rings (SSSR count). The fraction of sp³-hybridized carbons (Fsp3) is 0.286. The maximum Gasteiger partial charge on any atom is 0.266 e. The van der Waals surface area contributed by atoms with Crippen LogP contribution in [0.4, 0.5) is 11.4 Å². The normalized spacial score (nSPS) is 21.1. The number of benzene rings is 3. The molecule has 0 N–H and O–H groups in total. The molecule has 2 fully saturated rings. The first-order valence-corrected chi connectivity index (χ1v) is 12.5. The predicted molar refractivity (Wildman–Crippen MR) is 137 cm³/mol. The number of hydrogen-bond donors (Lipinski definition) is 0. The molecule has 0 spiro atoms. The van der Waals surface area contributed by atoms with Crippen molar-refractivity contribution in [1.82, 2.24) is 0 Å². The molecule has 3 aromatic carbocycles. The fourth-order valence-corrected chi connectivity index (χ4v) is 4.95. The van der Waals surface area contributed by atoms with Gasteiger partial charge in [0.25, 0.3) is 5.91 Å². The molecule has 0 aliphatic carbocycles. The van der Waals surface area contributed by atoms with E-state index in [2.05, 4.69) is 0 Å². The molecule has 7 nitrogen and oxygen atoms in total. The van der Waals surface area contributed by atoms with Gasteiger partial charge < -0.3 is 9.47 Å². The summed E-state index contributed by atoms with van der Waals surface area (Å²) in [6.45, 7) is 4.96. The Hall–Kier alpha value is -3.55. The maximum atomic E-state index is 13.8. The number of amides is 2. The van der Waals surface area contributed by atoms with Gasteiger partial charge in [-0.15, -0.1) is 0 Å². The van der Waals surface area contributed by atoms with Crippen LogP contribution in [0.15, 0.2) is 72.8 Å². The van der Waals surface area contributed by atoms with E-state index in [4.69, 9.17) is 25.9 Å². The number of hydroxylamine groups is 1. The number of fused-ring (bicyclic) bond motifs is 1. The Morgan fingerprint density at radius 3 is 2.36 bits per heavy atom. The summed E-state index contributed by atoms with van der Waals surface area (Å²) >= 11 is 6.36. The van der Waals surface area contributed by atoms with Crippen LogP contribution >= 0.6 is 11.6 Å². The zero-order valence-electron chi connectivity index (χ0n) is 20.1. The van der Waals surface area contributed by atoms with Crippen molar-refractivity contribution in [3.63, 3.8) is 0 Å². The number of imide groups is 1. The minimum absolute atomic E-state index is 0.326. The second-order valence-corrected chi connectivity index (χ2v) is 9.02. The number of carbonyl (C=O) groups excluding carboxylic acids is 2. The predicted octanol–water partition coefficient (Wildman–Crippen LogP) is 5.58. The Balaban J connectivity index is 1.59. The van der Waals surface area contributed by atoms with Crippen LogP contribution < -0.4 is 19.4 Å². The first-order chi connectivity index (χ1) is 17.5. The average Bonchev–Trinajstić information content (AvgIpc) is 3.40. The van der Waals surface area contributed by atoms with E-state index in [1.807, 2.05) is 62.4 Å². The number of ether oxygens (including phenoxy) is 2. The van der Waals surface area contributed by atoms with Crippen molar-refractivity contribution >= 4 is 34.8 Å². The van der Waals surface area contributed by atoms with Crippen molar-refractivity contribution in [1.29, 1.82) is 0 Å².